The number of fused-ring (bicyclic) bond motifs is 2. The molecule has 0 radical (unpaired) electrons. The Balaban J connectivity index is 0.00000420. The molecular weight excluding hydrogens is 1070 g/mol. The summed E-state index contributed by atoms with van der Waals surface area (Å²) in [4.78, 5) is 3.19. The Morgan fingerprint density at radius 1 is 0.714 bits per heavy atom. The van der Waals surface area contributed by atoms with Gasteiger partial charge in [-0.05, 0) is 123 Å². The molecule has 0 saturated heterocycles. The molecule has 0 saturated carbocycles. The van der Waals surface area contributed by atoms with Crippen LogP contribution in [0.2, 0.25) is 0 Å². The van der Waals surface area contributed by atoms with Crippen LogP contribution in [-0.2, 0) is 60.7 Å². The first-order chi connectivity index (χ1) is 30.7. The van der Waals surface area contributed by atoms with Crippen molar-refractivity contribution in [3.63, 3.8) is 0 Å². The van der Waals surface area contributed by atoms with Gasteiger partial charge >= 0.3 is 118 Å². The normalized spacial score (nSPS) is 17.6. The molecule has 2 heterocycles. The summed E-state index contributed by atoms with van der Waals surface area (Å²) in [7, 11) is -18.2. The SMILES string of the molecule is CC1(C)C(C=CC2=C(Sc3ccc(S(=O)(=O)[O-])cc3)C(=C/C=C3/N(CCCCS(=O)(=O)[O-])c4ccc(S(=O)(=O)[O-])cc4C3(C)C)CC2)=[N+](CCCCS(=O)(=O)O)c2ccc(SOO[O-])cc21.[Na+].[Na+].[Na+].[Na+]. The van der Waals surface area contributed by atoms with Crippen molar-refractivity contribution >= 4 is 81.4 Å². The van der Waals surface area contributed by atoms with Crippen LogP contribution in [0.1, 0.15) is 77.3 Å². The van der Waals surface area contributed by atoms with Gasteiger partial charge in [0.25, 0.3) is 10.1 Å². The monoisotopic (exact) mass is 1120 g/mol. The molecule has 27 heteroatoms. The van der Waals surface area contributed by atoms with Crippen molar-refractivity contribution in [2.75, 3.05) is 29.5 Å². The number of allylic oxidation sites excluding steroid dienone is 7. The number of anilines is 1. The number of hydrogen-bond acceptors (Lipinski definition) is 17. The molecule has 0 bridgehead atoms. The fraction of sp³-hybridized carbons (Fsp3) is 0.372. The maximum Gasteiger partial charge on any atom is 1.00 e. The van der Waals surface area contributed by atoms with Gasteiger partial charge in [-0.1, -0.05) is 37.8 Å². The zero-order valence-electron chi connectivity index (χ0n) is 40.2. The van der Waals surface area contributed by atoms with Crippen molar-refractivity contribution < 1.29 is 189 Å². The smallest absolute Gasteiger partial charge is 0.748 e. The van der Waals surface area contributed by atoms with Crippen molar-refractivity contribution in [2.45, 2.75) is 96.6 Å². The summed E-state index contributed by atoms with van der Waals surface area (Å²) in [6.45, 7) is 8.46. The maximum atomic E-state index is 12.1. The van der Waals surface area contributed by atoms with Crippen LogP contribution in [0.3, 0.4) is 0 Å². The second kappa shape index (κ2) is 27.1. The number of unbranched alkanes of at least 4 members (excludes halogenated alkanes) is 2. The first-order valence-electron chi connectivity index (χ1n) is 20.5. The third-order valence-electron chi connectivity index (χ3n) is 11.7. The summed E-state index contributed by atoms with van der Waals surface area (Å²) in [5.41, 5.74) is 4.79. The van der Waals surface area contributed by atoms with Crippen molar-refractivity contribution in [3.05, 3.63) is 118 Å². The minimum atomic E-state index is -4.81. The molecule has 3 aliphatic rings. The molecule has 1 aliphatic carbocycles. The van der Waals surface area contributed by atoms with Gasteiger partial charge in [0.05, 0.1) is 43.1 Å². The van der Waals surface area contributed by atoms with Crippen molar-refractivity contribution in [1.29, 1.82) is 0 Å². The molecule has 1 N–H and O–H groups in total. The van der Waals surface area contributed by atoms with Crippen molar-refractivity contribution in [3.8, 4) is 0 Å². The topological polar surface area (TPSA) is 274 Å². The molecule has 0 atom stereocenters. The summed E-state index contributed by atoms with van der Waals surface area (Å²) < 4.78 is 145. The Bertz CT molecular complexity index is 3020. The van der Waals surface area contributed by atoms with Crippen molar-refractivity contribution in [1.82, 2.24) is 0 Å². The Hall–Kier alpha value is 0.310. The fourth-order valence-corrected chi connectivity index (χ4v) is 12.1. The van der Waals surface area contributed by atoms with E-state index in [1.807, 2.05) is 69.0 Å². The molecule has 0 fully saturated rings. The number of thioether (sulfide) groups is 1. The summed E-state index contributed by atoms with van der Waals surface area (Å²) >= 11 is 2.10. The molecule has 6 rings (SSSR count). The Morgan fingerprint density at radius 2 is 1.33 bits per heavy atom. The van der Waals surface area contributed by atoms with Crippen LogP contribution in [-0.4, -0.2) is 86.8 Å². The largest absolute Gasteiger partial charge is 1.00 e. The molecule has 0 amide bonds. The van der Waals surface area contributed by atoms with E-state index in [1.54, 1.807) is 12.1 Å². The van der Waals surface area contributed by atoms with Gasteiger partial charge in [0, 0.05) is 67.9 Å². The molecule has 0 aromatic heterocycles. The average Bonchev–Trinajstić information content (AvgIpc) is 3.77. The molecule has 17 nitrogen and oxygen atoms in total. The number of nitrogens with zero attached hydrogens (tertiary/aromatic N) is 2. The van der Waals surface area contributed by atoms with Crippen LogP contribution in [0, 0.1) is 0 Å². The quantitative estimate of drug-likeness (QED) is 0.0210. The zero-order chi connectivity index (χ0) is 48.5. The second-order valence-electron chi connectivity index (χ2n) is 16.9. The predicted octanol–water partition coefficient (Wildman–Crippen LogP) is -5.88. The predicted molar refractivity (Wildman–Crippen MR) is 243 cm³/mol. The van der Waals surface area contributed by atoms with Crippen LogP contribution in [0.4, 0.5) is 11.4 Å². The van der Waals surface area contributed by atoms with E-state index in [9.17, 15) is 57.1 Å². The summed E-state index contributed by atoms with van der Waals surface area (Å²) in [5.74, 6) is -0.959. The first-order valence-corrected chi connectivity index (χ1v) is 28.0. The van der Waals surface area contributed by atoms with E-state index in [-0.39, 0.29) is 143 Å². The Morgan fingerprint density at radius 3 is 1.93 bits per heavy atom. The van der Waals surface area contributed by atoms with Gasteiger partial charge in [-0.25, -0.2) is 25.3 Å². The van der Waals surface area contributed by atoms with Crippen LogP contribution in [0.5, 0.6) is 0 Å². The van der Waals surface area contributed by atoms with E-state index in [0.29, 0.717) is 59.0 Å². The van der Waals surface area contributed by atoms with Gasteiger partial charge in [-0.3, -0.25) is 9.59 Å². The summed E-state index contributed by atoms with van der Waals surface area (Å²) in [5, 5.41) is 14.2. The number of benzene rings is 3. The Kier molecular flexibility index (Phi) is 25.7. The average molecular weight is 1120 g/mol. The van der Waals surface area contributed by atoms with E-state index < -0.39 is 67.7 Å². The van der Waals surface area contributed by atoms with E-state index >= 15 is 0 Å². The van der Waals surface area contributed by atoms with Crippen LogP contribution >= 0.6 is 23.8 Å². The summed E-state index contributed by atoms with van der Waals surface area (Å²) in [6, 6.07) is 15.2. The number of rotatable bonds is 20. The number of hydrogen-bond donors (Lipinski definition) is 1. The van der Waals surface area contributed by atoms with Gasteiger partial charge in [0.15, 0.2) is 5.71 Å². The molecule has 70 heavy (non-hydrogen) atoms. The van der Waals surface area contributed by atoms with E-state index in [0.717, 1.165) is 45.1 Å². The van der Waals surface area contributed by atoms with E-state index in [2.05, 4.69) is 13.9 Å². The first kappa shape index (κ1) is 66.4. The van der Waals surface area contributed by atoms with E-state index in [4.69, 9.17) is 0 Å². The second-order valence-corrected chi connectivity index (χ2v) is 24.6. The van der Waals surface area contributed by atoms with Crippen LogP contribution < -0.4 is 128 Å². The molecule has 0 spiro atoms. The molecule has 358 valence electrons. The fourth-order valence-electron chi connectivity index (χ4n) is 8.46. The minimum Gasteiger partial charge on any atom is -0.748 e. The van der Waals surface area contributed by atoms with Crippen LogP contribution in [0.15, 0.2) is 126 Å². The van der Waals surface area contributed by atoms with Gasteiger partial charge in [0.1, 0.15) is 26.8 Å². The van der Waals surface area contributed by atoms with Crippen molar-refractivity contribution in [2.24, 2.45) is 0 Å². The molecule has 3 aromatic rings. The third kappa shape index (κ3) is 16.9. The van der Waals surface area contributed by atoms with Gasteiger partial charge in [-0.2, -0.15) is 17.3 Å². The third-order valence-corrected chi connectivity index (χ3v) is 16.8. The Labute approximate surface area is 507 Å². The van der Waals surface area contributed by atoms with Gasteiger partial charge in [-0.15, -0.1) is 0 Å². The standard InChI is InChI=1S/C43H50N2O15S6.4Na/c1-42(2)35-27-32(62-60-59-46)15-19-37(35)44(23-5-7-25-63(47,48)49)39(42)21-11-29-9-10-30(41(29)61-31-13-16-33(17-14-31)65(53,54)55)12-22-40-43(3,4)36-28-34(66(56,57)58)18-20-38(36)45(40)24-6-8-26-64(50,51)52;;;;/h11-22,27-28H,5-10,23-26H2,1-4H3,(H4-,46,47,48,49,50,51,52,53,54,55,56,57,58);;;;/q;4*+1/p-3. The van der Waals surface area contributed by atoms with Gasteiger partial charge < -0.3 is 23.8 Å². The zero-order valence-corrected chi connectivity index (χ0v) is 53.1. The molecule has 0 unspecified atom stereocenters. The maximum absolute atomic E-state index is 12.1. The van der Waals surface area contributed by atoms with Crippen LogP contribution in [0.25, 0.3) is 0 Å². The summed E-state index contributed by atoms with van der Waals surface area (Å²) in [6.07, 6.45) is 9.91. The van der Waals surface area contributed by atoms with Gasteiger partial charge in [0.2, 0.25) is 5.69 Å². The van der Waals surface area contributed by atoms with E-state index in [1.165, 1.54) is 48.2 Å². The molecular formula is C43H47N2Na4O15S6+. The molecule has 2 aliphatic heterocycles. The molecule has 3 aromatic carbocycles. The minimum absolute atomic E-state index is 0.